The van der Waals surface area contributed by atoms with Gasteiger partial charge in [-0.25, -0.2) is 9.59 Å². The van der Waals surface area contributed by atoms with Crippen molar-refractivity contribution in [3.05, 3.63) is 71.8 Å². The summed E-state index contributed by atoms with van der Waals surface area (Å²) in [7, 11) is 1.45. The van der Waals surface area contributed by atoms with Crippen LogP contribution in [0, 0.1) is 12.8 Å². The summed E-state index contributed by atoms with van der Waals surface area (Å²) in [6.45, 7) is 2.84. The topological polar surface area (TPSA) is 99.7 Å². The normalized spacial score (nSPS) is 13.9. The Labute approximate surface area is 218 Å². The molecule has 0 bridgehead atoms. The summed E-state index contributed by atoms with van der Waals surface area (Å²) in [6, 6.07) is 18.1. The average molecular weight is 502 g/mol. The number of aryl methyl sites for hydroxylation is 1. The van der Waals surface area contributed by atoms with Gasteiger partial charge in [0.1, 0.15) is 11.3 Å². The molecular weight excluding hydrogens is 466 g/mol. The van der Waals surface area contributed by atoms with Crippen LogP contribution in [-0.2, 0) is 0 Å². The highest BCUT2D eigenvalue weighted by molar-refractivity contribution is 6.02. The number of ether oxygens (including phenoxy) is 1. The quantitative estimate of drug-likeness (QED) is 0.241. The summed E-state index contributed by atoms with van der Waals surface area (Å²) in [6.07, 6.45) is 7.56. The number of urea groups is 1. The van der Waals surface area contributed by atoms with Gasteiger partial charge >= 0.3 is 12.0 Å². The zero-order valence-electron chi connectivity index (χ0n) is 21.5. The van der Waals surface area contributed by atoms with E-state index in [0.717, 1.165) is 28.9 Å². The molecule has 1 saturated carbocycles. The van der Waals surface area contributed by atoms with Crippen LogP contribution >= 0.6 is 0 Å². The van der Waals surface area contributed by atoms with E-state index in [2.05, 4.69) is 16.0 Å². The predicted molar refractivity (Wildman–Crippen MR) is 149 cm³/mol. The number of nitrogens with one attached hydrogen (secondary N) is 3. The molecule has 4 rings (SSSR count). The molecule has 0 aliphatic heterocycles. The van der Waals surface area contributed by atoms with Gasteiger partial charge in [0.05, 0.1) is 18.5 Å². The Bertz CT molecular complexity index is 1230. The van der Waals surface area contributed by atoms with Crippen LogP contribution < -0.4 is 20.7 Å². The van der Waals surface area contributed by atoms with Crippen LogP contribution in [0.4, 0.5) is 21.9 Å². The Hall–Kier alpha value is -4.00. The Morgan fingerprint density at radius 2 is 1.54 bits per heavy atom. The minimum atomic E-state index is -1.06. The monoisotopic (exact) mass is 501 g/mol. The van der Waals surface area contributed by atoms with E-state index >= 15 is 0 Å². The van der Waals surface area contributed by atoms with Crippen molar-refractivity contribution in [1.82, 2.24) is 0 Å². The first-order valence-electron chi connectivity index (χ1n) is 12.9. The van der Waals surface area contributed by atoms with Crippen molar-refractivity contribution in [2.75, 3.05) is 29.6 Å². The van der Waals surface area contributed by atoms with Gasteiger partial charge in [0.15, 0.2) is 0 Å². The minimum Gasteiger partial charge on any atom is -0.496 e. The molecule has 3 aromatic rings. The minimum absolute atomic E-state index is 0.0854. The standard InChI is InChI=1S/C30H35N3O4/c1-20-9-13-24(14-10-20)32-30(36)33-27-18-23(22-12-16-28(37-2)25(17-22)29(34)35)11-15-26(27)31-19-21-7-5-3-4-6-8-21/h9-18,21,31H,3-8,19H2,1-2H3,(H,34,35)(H2,32,33,36). The molecule has 7 heteroatoms. The number of rotatable bonds is 8. The smallest absolute Gasteiger partial charge is 0.339 e. The lowest BCUT2D eigenvalue weighted by Crippen LogP contribution is -2.21. The van der Waals surface area contributed by atoms with Crippen LogP contribution in [0.3, 0.4) is 0 Å². The van der Waals surface area contributed by atoms with E-state index in [1.54, 1.807) is 12.1 Å². The third-order valence-corrected chi connectivity index (χ3v) is 6.90. The summed E-state index contributed by atoms with van der Waals surface area (Å²) >= 11 is 0. The van der Waals surface area contributed by atoms with E-state index < -0.39 is 5.97 Å². The Balaban J connectivity index is 1.60. The molecule has 7 nitrogen and oxygen atoms in total. The van der Waals surface area contributed by atoms with Gasteiger partial charge in [0.25, 0.3) is 0 Å². The number of carbonyl (C=O) groups excluding carboxylic acids is 1. The molecule has 0 atom stereocenters. The van der Waals surface area contributed by atoms with Gasteiger partial charge in [-0.1, -0.05) is 55.5 Å². The maximum atomic E-state index is 12.9. The van der Waals surface area contributed by atoms with Gasteiger partial charge in [0.2, 0.25) is 0 Å². The van der Waals surface area contributed by atoms with Crippen LogP contribution in [0.1, 0.15) is 54.4 Å². The fraction of sp³-hybridized carbons (Fsp3) is 0.333. The van der Waals surface area contributed by atoms with Gasteiger partial charge < -0.3 is 25.8 Å². The Morgan fingerprint density at radius 1 is 0.865 bits per heavy atom. The third-order valence-electron chi connectivity index (χ3n) is 6.90. The lowest BCUT2D eigenvalue weighted by Gasteiger charge is -2.19. The zero-order valence-corrected chi connectivity index (χ0v) is 21.5. The number of carbonyl (C=O) groups is 2. The maximum absolute atomic E-state index is 12.9. The van der Waals surface area contributed by atoms with Crippen LogP contribution in [0.25, 0.3) is 11.1 Å². The first-order valence-corrected chi connectivity index (χ1v) is 12.9. The largest absolute Gasteiger partial charge is 0.496 e. The van der Waals surface area contributed by atoms with Crippen molar-refractivity contribution in [3.63, 3.8) is 0 Å². The van der Waals surface area contributed by atoms with E-state index in [-0.39, 0.29) is 11.6 Å². The summed E-state index contributed by atoms with van der Waals surface area (Å²) in [5, 5.41) is 19.0. The van der Waals surface area contributed by atoms with Gasteiger partial charge in [-0.15, -0.1) is 0 Å². The molecule has 0 aromatic heterocycles. The third kappa shape index (κ3) is 7.03. The highest BCUT2D eigenvalue weighted by Crippen LogP contribution is 2.33. The van der Waals surface area contributed by atoms with Gasteiger partial charge in [-0.3, -0.25) is 0 Å². The van der Waals surface area contributed by atoms with Crippen molar-refractivity contribution in [2.24, 2.45) is 5.92 Å². The van der Waals surface area contributed by atoms with Crippen molar-refractivity contribution < 1.29 is 19.4 Å². The molecular formula is C30H35N3O4. The second kappa shape index (κ2) is 12.3. The molecule has 2 amide bonds. The number of amides is 2. The van der Waals surface area contributed by atoms with Crippen molar-refractivity contribution in [3.8, 4) is 16.9 Å². The van der Waals surface area contributed by atoms with Crippen molar-refractivity contribution in [1.29, 1.82) is 0 Å². The second-order valence-electron chi connectivity index (χ2n) is 9.66. The van der Waals surface area contributed by atoms with Crippen LogP contribution in [-0.4, -0.2) is 30.8 Å². The van der Waals surface area contributed by atoms with Crippen molar-refractivity contribution in [2.45, 2.75) is 45.4 Å². The first-order chi connectivity index (χ1) is 17.9. The lowest BCUT2D eigenvalue weighted by atomic mass is 9.99. The molecule has 37 heavy (non-hydrogen) atoms. The number of hydrogen-bond acceptors (Lipinski definition) is 4. The number of hydrogen-bond donors (Lipinski definition) is 4. The van der Waals surface area contributed by atoms with Crippen LogP contribution in [0.2, 0.25) is 0 Å². The van der Waals surface area contributed by atoms with Crippen LogP contribution in [0.15, 0.2) is 60.7 Å². The molecule has 1 aliphatic carbocycles. The van der Waals surface area contributed by atoms with E-state index in [1.165, 1.54) is 45.6 Å². The van der Waals surface area contributed by atoms with E-state index in [1.807, 2.05) is 55.5 Å². The summed E-state index contributed by atoms with van der Waals surface area (Å²) in [4.78, 5) is 24.6. The highest BCUT2D eigenvalue weighted by atomic mass is 16.5. The van der Waals surface area contributed by atoms with E-state index in [4.69, 9.17) is 4.74 Å². The number of benzene rings is 3. The number of aromatic carboxylic acids is 1. The zero-order chi connectivity index (χ0) is 26.2. The van der Waals surface area contributed by atoms with Gasteiger partial charge in [-0.2, -0.15) is 0 Å². The first kappa shape index (κ1) is 26.1. The van der Waals surface area contributed by atoms with E-state index in [0.29, 0.717) is 23.0 Å². The molecule has 0 spiro atoms. The molecule has 1 fully saturated rings. The van der Waals surface area contributed by atoms with Gasteiger partial charge in [-0.05, 0) is 73.2 Å². The summed E-state index contributed by atoms with van der Waals surface area (Å²) < 4.78 is 5.20. The molecule has 4 N–H and O–H groups in total. The number of anilines is 3. The molecule has 0 heterocycles. The van der Waals surface area contributed by atoms with Crippen molar-refractivity contribution >= 4 is 29.1 Å². The maximum Gasteiger partial charge on any atom is 0.339 e. The fourth-order valence-corrected chi connectivity index (χ4v) is 4.78. The number of carboxylic acid groups (broad SMARTS) is 1. The van der Waals surface area contributed by atoms with Crippen LogP contribution in [0.5, 0.6) is 5.75 Å². The average Bonchev–Trinajstić information content (AvgIpc) is 3.18. The molecule has 1 aliphatic rings. The fourth-order valence-electron chi connectivity index (χ4n) is 4.78. The Morgan fingerprint density at radius 3 is 2.22 bits per heavy atom. The highest BCUT2D eigenvalue weighted by Gasteiger charge is 2.16. The van der Waals surface area contributed by atoms with E-state index in [9.17, 15) is 14.7 Å². The predicted octanol–water partition coefficient (Wildman–Crippen LogP) is 7.40. The lowest BCUT2D eigenvalue weighted by molar-refractivity contribution is 0.0693. The summed E-state index contributed by atoms with van der Waals surface area (Å²) in [5.41, 5.74) is 4.87. The molecule has 3 aromatic carbocycles. The SMILES string of the molecule is COc1ccc(-c2ccc(NCC3CCCCCC3)c(NC(=O)Nc3ccc(C)cc3)c2)cc1C(=O)O. The molecule has 0 unspecified atom stereocenters. The van der Waals surface area contributed by atoms with Gasteiger partial charge in [0, 0.05) is 12.2 Å². The second-order valence-corrected chi connectivity index (χ2v) is 9.66. The Kier molecular flexibility index (Phi) is 8.67. The number of carboxylic acids is 1. The molecule has 194 valence electrons. The summed E-state index contributed by atoms with van der Waals surface area (Å²) in [5.74, 6) is -0.152. The molecule has 0 saturated heterocycles. The number of methoxy groups -OCH3 is 1. The molecule has 0 radical (unpaired) electrons.